The Morgan fingerprint density at radius 3 is 2.50 bits per heavy atom. The maximum Gasteiger partial charge on any atom is 0.181 e. The summed E-state index contributed by atoms with van der Waals surface area (Å²) >= 11 is 0. The zero-order valence-electron chi connectivity index (χ0n) is 13.1. The van der Waals surface area contributed by atoms with Crippen LogP contribution >= 0.6 is 0 Å². The summed E-state index contributed by atoms with van der Waals surface area (Å²) in [5, 5.41) is 4.50. The SMILES string of the molecule is Cc1cc(C(C)(C)C)ccc1-c1nc(CCN)n(C)n1. The minimum absolute atomic E-state index is 0.158. The van der Waals surface area contributed by atoms with Crippen LogP contribution in [0, 0.1) is 6.92 Å². The van der Waals surface area contributed by atoms with E-state index in [1.165, 1.54) is 11.1 Å². The topological polar surface area (TPSA) is 56.7 Å². The summed E-state index contributed by atoms with van der Waals surface area (Å²) in [6.07, 6.45) is 0.753. The summed E-state index contributed by atoms with van der Waals surface area (Å²) in [5.74, 6) is 1.72. The summed E-state index contributed by atoms with van der Waals surface area (Å²) in [5.41, 5.74) is 9.39. The Kier molecular flexibility index (Phi) is 3.95. The molecule has 0 unspecified atom stereocenters. The average molecular weight is 272 g/mol. The lowest BCUT2D eigenvalue weighted by molar-refractivity contribution is 0.590. The number of nitrogens with two attached hydrogens (primary N) is 1. The van der Waals surface area contributed by atoms with Crippen molar-refractivity contribution in [2.45, 2.75) is 39.5 Å². The van der Waals surface area contributed by atoms with Crippen LogP contribution in [0.15, 0.2) is 18.2 Å². The quantitative estimate of drug-likeness (QED) is 0.934. The molecule has 2 N–H and O–H groups in total. The van der Waals surface area contributed by atoms with Crippen LogP contribution in [0.4, 0.5) is 0 Å². The predicted octanol–water partition coefficient (Wildman–Crippen LogP) is 2.59. The molecule has 0 fully saturated rings. The lowest BCUT2D eigenvalue weighted by atomic mass is 9.85. The third-order valence-corrected chi connectivity index (χ3v) is 3.55. The van der Waals surface area contributed by atoms with Gasteiger partial charge in [-0.3, -0.25) is 4.68 Å². The first-order valence-electron chi connectivity index (χ1n) is 7.04. The van der Waals surface area contributed by atoms with Crippen LogP contribution in [0.3, 0.4) is 0 Å². The standard InChI is InChI=1S/C16H24N4/c1-11-10-12(16(2,3)4)6-7-13(11)15-18-14(8-9-17)20(5)19-15/h6-7,10H,8-9,17H2,1-5H3. The summed E-state index contributed by atoms with van der Waals surface area (Å²) in [6.45, 7) is 9.37. The van der Waals surface area contributed by atoms with Crippen LogP contribution in [0.1, 0.15) is 37.7 Å². The molecule has 0 saturated carbocycles. The second kappa shape index (κ2) is 5.37. The third-order valence-electron chi connectivity index (χ3n) is 3.55. The molecule has 0 aliphatic rings. The van der Waals surface area contributed by atoms with Gasteiger partial charge in [-0.25, -0.2) is 4.98 Å². The number of aromatic nitrogens is 3. The number of benzene rings is 1. The molecule has 0 spiro atoms. The molecule has 20 heavy (non-hydrogen) atoms. The van der Waals surface area contributed by atoms with Crippen LogP contribution in [-0.2, 0) is 18.9 Å². The van der Waals surface area contributed by atoms with Gasteiger partial charge in [0, 0.05) is 19.0 Å². The first kappa shape index (κ1) is 14.7. The highest BCUT2D eigenvalue weighted by Crippen LogP contribution is 2.28. The van der Waals surface area contributed by atoms with Gasteiger partial charge in [-0.05, 0) is 30.0 Å². The lowest BCUT2D eigenvalue weighted by Gasteiger charge is -2.20. The molecule has 0 amide bonds. The molecule has 0 radical (unpaired) electrons. The van der Waals surface area contributed by atoms with Crippen molar-refractivity contribution in [3.8, 4) is 11.4 Å². The van der Waals surface area contributed by atoms with Gasteiger partial charge in [-0.15, -0.1) is 0 Å². The molecule has 1 heterocycles. The van der Waals surface area contributed by atoms with Crippen molar-refractivity contribution in [2.24, 2.45) is 12.8 Å². The van der Waals surface area contributed by atoms with E-state index in [1.54, 1.807) is 0 Å². The number of aryl methyl sites for hydroxylation is 2. The van der Waals surface area contributed by atoms with Crippen molar-refractivity contribution in [2.75, 3.05) is 6.54 Å². The zero-order chi connectivity index (χ0) is 14.9. The van der Waals surface area contributed by atoms with E-state index >= 15 is 0 Å². The molecular formula is C16H24N4. The molecule has 0 bridgehead atoms. The first-order chi connectivity index (χ1) is 9.32. The fourth-order valence-corrected chi connectivity index (χ4v) is 2.26. The fourth-order valence-electron chi connectivity index (χ4n) is 2.26. The maximum absolute atomic E-state index is 5.59. The zero-order valence-corrected chi connectivity index (χ0v) is 13.1. The Hall–Kier alpha value is -1.68. The predicted molar refractivity (Wildman–Crippen MR) is 82.6 cm³/mol. The molecule has 0 atom stereocenters. The van der Waals surface area contributed by atoms with Gasteiger partial charge in [0.1, 0.15) is 5.82 Å². The average Bonchev–Trinajstić information content (AvgIpc) is 2.70. The van der Waals surface area contributed by atoms with Gasteiger partial charge in [0.25, 0.3) is 0 Å². The van der Waals surface area contributed by atoms with Gasteiger partial charge in [0.05, 0.1) is 0 Å². The molecule has 0 aliphatic carbocycles. The van der Waals surface area contributed by atoms with E-state index in [1.807, 2.05) is 11.7 Å². The Bertz CT molecular complexity index is 605. The van der Waals surface area contributed by atoms with Gasteiger partial charge < -0.3 is 5.73 Å². The van der Waals surface area contributed by atoms with Crippen molar-refractivity contribution in [3.63, 3.8) is 0 Å². The van der Waals surface area contributed by atoms with Crippen molar-refractivity contribution >= 4 is 0 Å². The highest BCUT2D eigenvalue weighted by molar-refractivity contribution is 5.60. The van der Waals surface area contributed by atoms with E-state index < -0.39 is 0 Å². The molecular weight excluding hydrogens is 248 g/mol. The molecule has 2 aromatic rings. The second-order valence-electron chi connectivity index (χ2n) is 6.29. The van der Waals surface area contributed by atoms with E-state index in [-0.39, 0.29) is 5.41 Å². The Balaban J connectivity index is 2.41. The normalized spacial score (nSPS) is 11.9. The summed E-state index contributed by atoms with van der Waals surface area (Å²) in [7, 11) is 1.92. The van der Waals surface area contributed by atoms with Gasteiger partial charge >= 0.3 is 0 Å². The van der Waals surface area contributed by atoms with E-state index in [0.29, 0.717) is 6.54 Å². The monoisotopic (exact) mass is 272 g/mol. The van der Waals surface area contributed by atoms with Gasteiger partial charge in [0.15, 0.2) is 5.82 Å². The van der Waals surface area contributed by atoms with Crippen molar-refractivity contribution in [1.82, 2.24) is 14.8 Å². The number of rotatable bonds is 3. The molecule has 2 rings (SSSR count). The van der Waals surface area contributed by atoms with Crippen LogP contribution in [0.2, 0.25) is 0 Å². The summed E-state index contributed by atoms with van der Waals surface area (Å²) < 4.78 is 1.82. The van der Waals surface area contributed by atoms with E-state index in [0.717, 1.165) is 23.6 Å². The minimum Gasteiger partial charge on any atom is -0.330 e. The Morgan fingerprint density at radius 1 is 1.25 bits per heavy atom. The fraction of sp³-hybridized carbons (Fsp3) is 0.500. The smallest absolute Gasteiger partial charge is 0.181 e. The van der Waals surface area contributed by atoms with Gasteiger partial charge in [-0.1, -0.05) is 39.0 Å². The van der Waals surface area contributed by atoms with Crippen molar-refractivity contribution < 1.29 is 0 Å². The van der Waals surface area contributed by atoms with E-state index in [2.05, 4.69) is 56.0 Å². The Labute approximate surface area is 121 Å². The molecule has 108 valence electrons. The third kappa shape index (κ3) is 2.90. The number of hydrogen-bond donors (Lipinski definition) is 1. The summed E-state index contributed by atoms with van der Waals surface area (Å²) in [6, 6.07) is 6.52. The van der Waals surface area contributed by atoms with E-state index in [9.17, 15) is 0 Å². The molecule has 4 nitrogen and oxygen atoms in total. The highest BCUT2D eigenvalue weighted by Gasteiger charge is 2.16. The minimum atomic E-state index is 0.158. The van der Waals surface area contributed by atoms with E-state index in [4.69, 9.17) is 5.73 Å². The Morgan fingerprint density at radius 2 is 1.95 bits per heavy atom. The van der Waals surface area contributed by atoms with Crippen LogP contribution < -0.4 is 5.73 Å². The van der Waals surface area contributed by atoms with Gasteiger partial charge in [0.2, 0.25) is 0 Å². The van der Waals surface area contributed by atoms with Crippen molar-refractivity contribution in [1.29, 1.82) is 0 Å². The molecule has 1 aromatic carbocycles. The molecule has 0 saturated heterocycles. The molecule has 0 aliphatic heterocycles. The van der Waals surface area contributed by atoms with Crippen LogP contribution in [-0.4, -0.2) is 21.3 Å². The largest absolute Gasteiger partial charge is 0.330 e. The van der Waals surface area contributed by atoms with Crippen LogP contribution in [0.25, 0.3) is 11.4 Å². The van der Waals surface area contributed by atoms with Crippen molar-refractivity contribution in [3.05, 3.63) is 35.2 Å². The molecule has 1 aromatic heterocycles. The van der Waals surface area contributed by atoms with Gasteiger partial charge in [-0.2, -0.15) is 5.10 Å². The first-order valence-corrected chi connectivity index (χ1v) is 7.04. The second-order valence-corrected chi connectivity index (χ2v) is 6.29. The van der Waals surface area contributed by atoms with Crippen LogP contribution in [0.5, 0.6) is 0 Å². The maximum atomic E-state index is 5.59. The highest BCUT2D eigenvalue weighted by atomic mass is 15.3. The summed E-state index contributed by atoms with van der Waals surface area (Å²) in [4.78, 5) is 4.59. The number of hydrogen-bond acceptors (Lipinski definition) is 3. The number of nitrogens with zero attached hydrogens (tertiary/aromatic N) is 3. The molecule has 4 heteroatoms. The lowest BCUT2D eigenvalue weighted by Crippen LogP contribution is -2.11.